The second-order valence-electron chi connectivity index (χ2n) is 3.67. The van der Waals surface area contributed by atoms with Gasteiger partial charge < -0.3 is 10.5 Å². The van der Waals surface area contributed by atoms with Crippen molar-refractivity contribution in [2.45, 2.75) is 25.8 Å². The maximum absolute atomic E-state index is 5.93. The van der Waals surface area contributed by atoms with Gasteiger partial charge in [-0.15, -0.1) is 0 Å². The van der Waals surface area contributed by atoms with E-state index in [1.807, 2.05) is 24.3 Å². The zero-order chi connectivity index (χ0) is 11.1. The van der Waals surface area contributed by atoms with Gasteiger partial charge in [-0.2, -0.15) is 0 Å². The molecule has 0 aliphatic rings. The van der Waals surface area contributed by atoms with Gasteiger partial charge in [-0.1, -0.05) is 30.7 Å². The fraction of sp³-hybridized carbons (Fsp3) is 0.500. The molecule has 84 valence electrons. The van der Waals surface area contributed by atoms with E-state index in [2.05, 4.69) is 6.92 Å². The summed E-state index contributed by atoms with van der Waals surface area (Å²) in [6.07, 6.45) is 1.84. The van der Waals surface area contributed by atoms with E-state index in [0.29, 0.717) is 6.61 Å². The molecule has 1 atom stereocenters. The number of halogens is 1. The van der Waals surface area contributed by atoms with Crippen LogP contribution >= 0.6 is 11.6 Å². The zero-order valence-corrected chi connectivity index (χ0v) is 9.83. The van der Waals surface area contributed by atoms with Gasteiger partial charge >= 0.3 is 0 Å². The average Bonchev–Trinajstić information content (AvgIpc) is 2.18. The standard InChI is InChI=1S/C12H18ClNO/c1-2-6-15-9-12(14)8-10-4-3-5-11(13)7-10/h3-5,7,12H,2,6,8-9,14H2,1H3. The smallest absolute Gasteiger partial charge is 0.0620 e. The molecule has 1 unspecified atom stereocenters. The Labute approximate surface area is 96.4 Å². The van der Waals surface area contributed by atoms with Crippen molar-refractivity contribution < 1.29 is 4.74 Å². The molecule has 0 aliphatic carbocycles. The summed E-state index contributed by atoms with van der Waals surface area (Å²) in [6, 6.07) is 7.84. The highest BCUT2D eigenvalue weighted by Gasteiger charge is 2.04. The third kappa shape index (κ3) is 5.17. The maximum Gasteiger partial charge on any atom is 0.0620 e. The van der Waals surface area contributed by atoms with E-state index in [1.54, 1.807) is 0 Å². The lowest BCUT2D eigenvalue weighted by Crippen LogP contribution is -2.28. The molecule has 3 heteroatoms. The van der Waals surface area contributed by atoms with Crippen LogP contribution in [0.2, 0.25) is 5.02 Å². The summed E-state index contributed by atoms with van der Waals surface area (Å²) in [4.78, 5) is 0. The molecule has 0 aliphatic heterocycles. The molecule has 1 rings (SSSR count). The number of hydrogen-bond donors (Lipinski definition) is 1. The van der Waals surface area contributed by atoms with Gasteiger partial charge in [-0.05, 0) is 30.5 Å². The predicted molar refractivity (Wildman–Crippen MR) is 64.2 cm³/mol. The highest BCUT2D eigenvalue weighted by molar-refractivity contribution is 6.30. The molecule has 1 aromatic rings. The lowest BCUT2D eigenvalue weighted by atomic mass is 10.1. The van der Waals surface area contributed by atoms with Crippen molar-refractivity contribution in [3.05, 3.63) is 34.9 Å². The Morgan fingerprint density at radius 3 is 2.93 bits per heavy atom. The van der Waals surface area contributed by atoms with Gasteiger partial charge in [-0.25, -0.2) is 0 Å². The Morgan fingerprint density at radius 2 is 2.27 bits per heavy atom. The SMILES string of the molecule is CCCOCC(N)Cc1cccc(Cl)c1. The lowest BCUT2D eigenvalue weighted by Gasteiger charge is -2.11. The molecule has 15 heavy (non-hydrogen) atoms. The molecule has 0 bridgehead atoms. The second kappa shape index (κ2) is 6.83. The number of nitrogens with two attached hydrogens (primary N) is 1. The first-order valence-electron chi connectivity index (χ1n) is 5.30. The summed E-state index contributed by atoms with van der Waals surface area (Å²) in [7, 11) is 0. The minimum atomic E-state index is 0.0509. The van der Waals surface area contributed by atoms with Crippen LogP contribution in [0.5, 0.6) is 0 Å². The Hall–Kier alpha value is -0.570. The molecule has 1 aromatic carbocycles. The first-order valence-corrected chi connectivity index (χ1v) is 5.68. The van der Waals surface area contributed by atoms with Gasteiger partial charge in [0.15, 0.2) is 0 Å². The van der Waals surface area contributed by atoms with E-state index in [0.717, 1.165) is 30.0 Å². The van der Waals surface area contributed by atoms with Crippen LogP contribution in [0.1, 0.15) is 18.9 Å². The van der Waals surface area contributed by atoms with E-state index in [-0.39, 0.29) is 6.04 Å². The van der Waals surface area contributed by atoms with Gasteiger partial charge in [0.2, 0.25) is 0 Å². The molecule has 0 amide bonds. The van der Waals surface area contributed by atoms with Crippen molar-refractivity contribution >= 4 is 11.6 Å². The van der Waals surface area contributed by atoms with Crippen molar-refractivity contribution in [2.75, 3.05) is 13.2 Å². The molecule has 0 heterocycles. The fourth-order valence-electron chi connectivity index (χ4n) is 1.40. The minimum Gasteiger partial charge on any atom is -0.380 e. The van der Waals surface area contributed by atoms with Crippen molar-refractivity contribution in [1.29, 1.82) is 0 Å². The van der Waals surface area contributed by atoms with Crippen molar-refractivity contribution in [3.8, 4) is 0 Å². The van der Waals surface area contributed by atoms with Crippen LogP contribution in [0.3, 0.4) is 0 Å². The summed E-state index contributed by atoms with van der Waals surface area (Å²) in [5, 5.41) is 0.758. The maximum atomic E-state index is 5.93. The van der Waals surface area contributed by atoms with E-state index in [9.17, 15) is 0 Å². The third-order valence-corrected chi connectivity index (χ3v) is 2.30. The van der Waals surface area contributed by atoms with E-state index < -0.39 is 0 Å². The van der Waals surface area contributed by atoms with Crippen molar-refractivity contribution in [1.82, 2.24) is 0 Å². The highest BCUT2D eigenvalue weighted by Crippen LogP contribution is 2.11. The van der Waals surface area contributed by atoms with E-state index in [1.165, 1.54) is 0 Å². The summed E-state index contributed by atoms with van der Waals surface area (Å²) < 4.78 is 5.39. The normalized spacial score (nSPS) is 12.7. The van der Waals surface area contributed by atoms with Crippen LogP contribution in [0, 0.1) is 0 Å². The largest absolute Gasteiger partial charge is 0.380 e. The first kappa shape index (κ1) is 12.5. The van der Waals surface area contributed by atoms with E-state index in [4.69, 9.17) is 22.1 Å². The molecular weight excluding hydrogens is 210 g/mol. The van der Waals surface area contributed by atoms with Crippen LogP contribution in [0.4, 0.5) is 0 Å². The van der Waals surface area contributed by atoms with Crippen LogP contribution in [0.25, 0.3) is 0 Å². The molecule has 2 N–H and O–H groups in total. The third-order valence-electron chi connectivity index (χ3n) is 2.07. The first-order chi connectivity index (χ1) is 7.22. The highest BCUT2D eigenvalue weighted by atomic mass is 35.5. The van der Waals surface area contributed by atoms with Gasteiger partial charge in [-0.3, -0.25) is 0 Å². The topological polar surface area (TPSA) is 35.2 Å². The summed E-state index contributed by atoms with van der Waals surface area (Å²) in [6.45, 7) is 3.48. The molecule has 0 fully saturated rings. The van der Waals surface area contributed by atoms with Crippen molar-refractivity contribution in [2.24, 2.45) is 5.73 Å². The lowest BCUT2D eigenvalue weighted by molar-refractivity contribution is 0.121. The molecular formula is C12H18ClNO. The molecule has 0 saturated heterocycles. The monoisotopic (exact) mass is 227 g/mol. The predicted octanol–water partition coefficient (Wildman–Crippen LogP) is 2.64. The van der Waals surface area contributed by atoms with Gasteiger partial charge in [0.25, 0.3) is 0 Å². The Balaban J connectivity index is 2.34. The van der Waals surface area contributed by atoms with E-state index >= 15 is 0 Å². The van der Waals surface area contributed by atoms with Crippen LogP contribution in [-0.2, 0) is 11.2 Å². The Morgan fingerprint density at radius 1 is 1.47 bits per heavy atom. The zero-order valence-electron chi connectivity index (χ0n) is 9.08. The van der Waals surface area contributed by atoms with Crippen LogP contribution in [0.15, 0.2) is 24.3 Å². The fourth-order valence-corrected chi connectivity index (χ4v) is 1.62. The molecule has 0 aromatic heterocycles. The Kier molecular flexibility index (Phi) is 5.69. The average molecular weight is 228 g/mol. The van der Waals surface area contributed by atoms with Gasteiger partial charge in [0.1, 0.15) is 0 Å². The number of ether oxygens (including phenoxy) is 1. The quantitative estimate of drug-likeness (QED) is 0.759. The summed E-state index contributed by atoms with van der Waals surface area (Å²) in [5.41, 5.74) is 7.09. The molecule has 0 radical (unpaired) electrons. The molecule has 0 spiro atoms. The summed E-state index contributed by atoms with van der Waals surface area (Å²) >= 11 is 5.88. The second-order valence-corrected chi connectivity index (χ2v) is 4.11. The Bertz CT molecular complexity index is 291. The molecule has 0 saturated carbocycles. The van der Waals surface area contributed by atoms with Gasteiger partial charge in [0, 0.05) is 17.7 Å². The van der Waals surface area contributed by atoms with Crippen LogP contribution in [-0.4, -0.2) is 19.3 Å². The number of rotatable bonds is 6. The van der Waals surface area contributed by atoms with Gasteiger partial charge in [0.05, 0.1) is 6.61 Å². The number of hydrogen-bond acceptors (Lipinski definition) is 2. The van der Waals surface area contributed by atoms with Crippen LogP contribution < -0.4 is 5.73 Å². The molecule has 2 nitrogen and oxygen atoms in total. The van der Waals surface area contributed by atoms with Crippen molar-refractivity contribution in [3.63, 3.8) is 0 Å². The number of benzene rings is 1. The minimum absolute atomic E-state index is 0.0509. The summed E-state index contributed by atoms with van der Waals surface area (Å²) in [5.74, 6) is 0.